The van der Waals surface area contributed by atoms with Gasteiger partial charge in [0.15, 0.2) is 11.6 Å². The number of nitrogens with zero attached hydrogens (tertiary/aromatic N) is 3. The Hall–Kier alpha value is -3.42. The molecule has 0 unspecified atom stereocenters. The van der Waals surface area contributed by atoms with Crippen molar-refractivity contribution in [2.45, 2.75) is 26.4 Å². The molecule has 1 atom stereocenters. The minimum atomic E-state index is -0.996. The third kappa shape index (κ3) is 4.90. The smallest absolute Gasteiger partial charge is 0.270 e. The first-order valence-corrected chi connectivity index (χ1v) is 9.10. The molecule has 0 bridgehead atoms. The lowest BCUT2D eigenvalue weighted by Crippen LogP contribution is -2.44. The summed E-state index contributed by atoms with van der Waals surface area (Å²) in [6.45, 7) is 3.94. The van der Waals surface area contributed by atoms with Gasteiger partial charge in [-0.2, -0.15) is 5.10 Å². The van der Waals surface area contributed by atoms with E-state index in [0.29, 0.717) is 11.3 Å². The Labute approximate surface area is 166 Å². The van der Waals surface area contributed by atoms with Crippen molar-refractivity contribution in [1.82, 2.24) is 20.1 Å². The number of hydrogen-bond donors (Lipinski definition) is 1. The summed E-state index contributed by atoms with van der Waals surface area (Å²) in [5.41, 5.74) is 0.571. The maximum Gasteiger partial charge on any atom is 0.270 e. The van der Waals surface area contributed by atoms with Gasteiger partial charge in [-0.3, -0.25) is 14.6 Å². The highest BCUT2D eigenvalue weighted by Gasteiger charge is 2.20. The average molecular weight is 398 g/mol. The van der Waals surface area contributed by atoms with Crippen molar-refractivity contribution in [1.29, 1.82) is 0 Å². The Balaban J connectivity index is 1.85. The van der Waals surface area contributed by atoms with Crippen molar-refractivity contribution in [3.8, 4) is 11.3 Å². The first-order chi connectivity index (χ1) is 13.8. The molecule has 1 N–H and O–H groups in total. The fourth-order valence-corrected chi connectivity index (χ4v) is 2.74. The van der Waals surface area contributed by atoms with Crippen LogP contribution in [0.3, 0.4) is 0 Å². The van der Waals surface area contributed by atoms with E-state index in [9.17, 15) is 18.4 Å². The van der Waals surface area contributed by atoms with Gasteiger partial charge in [0.25, 0.3) is 11.5 Å². The molecule has 0 radical (unpaired) electrons. The van der Waals surface area contributed by atoms with Crippen LogP contribution >= 0.6 is 0 Å². The second kappa shape index (κ2) is 8.72. The Morgan fingerprint density at radius 3 is 2.55 bits per heavy atom. The predicted octanol–water partition coefficient (Wildman–Crippen LogP) is 3.04. The molecule has 0 aliphatic heterocycles. The molecule has 0 saturated heterocycles. The van der Waals surface area contributed by atoms with Crippen molar-refractivity contribution in [3.05, 3.63) is 82.4 Å². The zero-order chi connectivity index (χ0) is 21.0. The van der Waals surface area contributed by atoms with Gasteiger partial charge in [0.2, 0.25) is 0 Å². The molecule has 0 fully saturated rings. The lowest BCUT2D eigenvalue weighted by molar-refractivity contribution is 0.0913. The molecule has 2 heterocycles. The minimum Gasteiger partial charge on any atom is -0.346 e. The van der Waals surface area contributed by atoms with Gasteiger partial charge in [-0.15, -0.1) is 0 Å². The quantitative estimate of drug-likeness (QED) is 0.692. The van der Waals surface area contributed by atoms with Crippen LogP contribution in [0.5, 0.6) is 0 Å². The first kappa shape index (κ1) is 20.3. The summed E-state index contributed by atoms with van der Waals surface area (Å²) < 4.78 is 27.9. The van der Waals surface area contributed by atoms with Gasteiger partial charge in [0.05, 0.1) is 18.3 Å². The minimum absolute atomic E-state index is 0.00304. The molecule has 3 rings (SSSR count). The molecule has 1 amide bonds. The number of carbonyl (C=O) groups excluding carboxylic acids is 1. The van der Waals surface area contributed by atoms with E-state index in [2.05, 4.69) is 15.4 Å². The van der Waals surface area contributed by atoms with Gasteiger partial charge < -0.3 is 5.32 Å². The number of pyridine rings is 1. The SMILES string of the molecule is CC(C)[C@H](Cn1nc(-c2ccc(F)c(F)c2)ccc1=O)NC(=O)c1ccccn1. The molecular formula is C21H20F2N4O2. The maximum absolute atomic E-state index is 13.5. The van der Waals surface area contributed by atoms with Crippen molar-refractivity contribution < 1.29 is 13.6 Å². The zero-order valence-electron chi connectivity index (χ0n) is 16.0. The average Bonchev–Trinajstić information content (AvgIpc) is 2.71. The van der Waals surface area contributed by atoms with Crippen LogP contribution in [0.25, 0.3) is 11.3 Å². The Morgan fingerprint density at radius 2 is 1.90 bits per heavy atom. The molecule has 8 heteroatoms. The number of aromatic nitrogens is 3. The van der Waals surface area contributed by atoms with Gasteiger partial charge in [0.1, 0.15) is 5.69 Å². The highest BCUT2D eigenvalue weighted by atomic mass is 19.2. The molecule has 0 spiro atoms. The molecule has 150 valence electrons. The monoisotopic (exact) mass is 398 g/mol. The lowest BCUT2D eigenvalue weighted by Gasteiger charge is -2.22. The van der Waals surface area contributed by atoms with E-state index < -0.39 is 17.7 Å². The molecule has 2 aromatic heterocycles. The number of benzene rings is 1. The fraction of sp³-hybridized carbons (Fsp3) is 0.238. The summed E-state index contributed by atoms with van der Waals surface area (Å²) in [5.74, 6) is -2.30. The molecular weight excluding hydrogens is 378 g/mol. The third-order valence-electron chi connectivity index (χ3n) is 4.47. The summed E-state index contributed by atoms with van der Waals surface area (Å²) in [5, 5.41) is 7.14. The zero-order valence-corrected chi connectivity index (χ0v) is 16.0. The van der Waals surface area contributed by atoms with Crippen molar-refractivity contribution >= 4 is 5.91 Å². The second-order valence-corrected chi connectivity index (χ2v) is 6.91. The molecule has 6 nitrogen and oxygen atoms in total. The highest BCUT2D eigenvalue weighted by molar-refractivity contribution is 5.92. The van der Waals surface area contributed by atoms with Gasteiger partial charge in [-0.25, -0.2) is 13.5 Å². The summed E-state index contributed by atoms with van der Waals surface area (Å²) in [6, 6.07) is 10.8. The second-order valence-electron chi connectivity index (χ2n) is 6.91. The molecule has 29 heavy (non-hydrogen) atoms. The largest absolute Gasteiger partial charge is 0.346 e. The molecule has 3 aromatic rings. The van der Waals surface area contributed by atoms with Gasteiger partial charge in [-0.05, 0) is 42.3 Å². The van der Waals surface area contributed by atoms with Gasteiger partial charge in [-0.1, -0.05) is 19.9 Å². The Bertz CT molecular complexity index is 1070. The molecule has 0 saturated carbocycles. The van der Waals surface area contributed by atoms with Crippen molar-refractivity contribution in [2.75, 3.05) is 0 Å². The third-order valence-corrected chi connectivity index (χ3v) is 4.47. The number of nitrogens with one attached hydrogen (secondary N) is 1. The summed E-state index contributed by atoms with van der Waals surface area (Å²) >= 11 is 0. The normalized spacial score (nSPS) is 12.0. The van der Waals surface area contributed by atoms with Crippen LogP contribution in [0, 0.1) is 17.6 Å². The lowest BCUT2D eigenvalue weighted by atomic mass is 10.0. The van der Waals surface area contributed by atoms with Gasteiger partial charge >= 0.3 is 0 Å². The number of hydrogen-bond acceptors (Lipinski definition) is 4. The highest BCUT2D eigenvalue weighted by Crippen LogP contribution is 2.18. The maximum atomic E-state index is 13.5. The number of rotatable bonds is 6. The van der Waals surface area contributed by atoms with Crippen LogP contribution in [-0.4, -0.2) is 26.7 Å². The summed E-state index contributed by atoms with van der Waals surface area (Å²) in [6.07, 6.45) is 1.52. The Morgan fingerprint density at radius 1 is 1.10 bits per heavy atom. The number of amides is 1. The van der Waals surface area contributed by atoms with E-state index >= 15 is 0 Å². The van der Waals surface area contributed by atoms with Crippen molar-refractivity contribution in [2.24, 2.45) is 5.92 Å². The van der Waals surface area contributed by atoms with Crippen LogP contribution in [0.1, 0.15) is 24.3 Å². The van der Waals surface area contributed by atoms with Crippen LogP contribution in [0.4, 0.5) is 8.78 Å². The number of carbonyl (C=O) groups is 1. The van der Waals surface area contributed by atoms with Crippen LogP contribution in [0.2, 0.25) is 0 Å². The van der Waals surface area contributed by atoms with Crippen molar-refractivity contribution in [3.63, 3.8) is 0 Å². The number of halogens is 2. The summed E-state index contributed by atoms with van der Waals surface area (Å²) in [4.78, 5) is 28.7. The topological polar surface area (TPSA) is 76.9 Å². The predicted molar refractivity (Wildman–Crippen MR) is 104 cm³/mol. The van der Waals surface area contributed by atoms with Crippen LogP contribution in [0.15, 0.2) is 59.5 Å². The molecule has 1 aromatic carbocycles. The van der Waals surface area contributed by atoms with E-state index in [1.54, 1.807) is 18.2 Å². The first-order valence-electron chi connectivity index (χ1n) is 9.10. The van der Waals surface area contributed by atoms with E-state index in [1.165, 1.54) is 29.1 Å². The standard InChI is InChI=1S/C21H20F2N4O2/c1-13(2)19(25-21(29)18-5-3-4-10-24-18)12-27-20(28)9-8-17(26-27)14-6-7-15(22)16(23)11-14/h3-11,13,19H,12H2,1-2H3,(H,25,29)/t19-/m0/s1. The fourth-order valence-electron chi connectivity index (χ4n) is 2.74. The summed E-state index contributed by atoms with van der Waals surface area (Å²) in [7, 11) is 0. The molecule has 0 aliphatic rings. The van der Waals surface area contributed by atoms with E-state index in [0.717, 1.165) is 12.1 Å². The van der Waals surface area contributed by atoms with E-state index in [4.69, 9.17) is 0 Å². The van der Waals surface area contributed by atoms with Crippen LogP contribution in [-0.2, 0) is 6.54 Å². The molecule has 0 aliphatic carbocycles. The van der Waals surface area contributed by atoms with E-state index in [-0.39, 0.29) is 29.6 Å². The van der Waals surface area contributed by atoms with Crippen LogP contribution < -0.4 is 10.9 Å². The van der Waals surface area contributed by atoms with E-state index in [1.807, 2.05) is 13.8 Å². The van der Waals surface area contributed by atoms with Gasteiger partial charge in [0, 0.05) is 17.8 Å². The Kier molecular flexibility index (Phi) is 6.11.